The van der Waals surface area contributed by atoms with Gasteiger partial charge in [0.05, 0.1) is 0 Å². The van der Waals surface area contributed by atoms with Crippen LogP contribution in [0.1, 0.15) is 17.5 Å². The number of rotatable bonds is 6. The molecule has 0 saturated carbocycles. The van der Waals surface area contributed by atoms with Crippen molar-refractivity contribution in [2.75, 3.05) is 0 Å². The van der Waals surface area contributed by atoms with E-state index in [0.29, 0.717) is 19.4 Å². The highest BCUT2D eigenvalue weighted by Gasteiger charge is 2.05. The van der Waals surface area contributed by atoms with Crippen molar-refractivity contribution in [2.24, 2.45) is 0 Å². The van der Waals surface area contributed by atoms with Gasteiger partial charge in [0.1, 0.15) is 6.61 Å². The molecule has 0 amide bonds. The van der Waals surface area contributed by atoms with E-state index in [2.05, 4.69) is 41.1 Å². The number of carbonyl (C=O) groups is 1. The molecule has 0 aliphatic carbocycles. The molecule has 1 heterocycles. The topological polar surface area (TPSA) is 26.3 Å². The largest absolute Gasteiger partial charge is 0.461 e. The number of esters is 1. The lowest BCUT2D eigenvalue weighted by molar-refractivity contribution is -0.144. The zero-order valence-electron chi connectivity index (χ0n) is 12.8. The Bertz CT molecular complexity index is 731. The van der Waals surface area contributed by atoms with Gasteiger partial charge in [-0.05, 0) is 45.5 Å². The van der Waals surface area contributed by atoms with E-state index >= 15 is 0 Å². The monoisotopic (exact) mass is 322 g/mol. The zero-order chi connectivity index (χ0) is 15.9. The van der Waals surface area contributed by atoms with Gasteiger partial charge >= 0.3 is 5.97 Å². The SMILES string of the molecule is O=C(CCc1ccc(-c2ccsc2)cc1)OCc1ccccc1. The van der Waals surface area contributed by atoms with Crippen LogP contribution < -0.4 is 0 Å². The molecule has 2 nitrogen and oxygen atoms in total. The average molecular weight is 322 g/mol. The van der Waals surface area contributed by atoms with Crippen LogP contribution in [0, 0.1) is 0 Å². The van der Waals surface area contributed by atoms with E-state index in [9.17, 15) is 4.79 Å². The summed E-state index contributed by atoms with van der Waals surface area (Å²) in [5, 5.41) is 4.21. The molecule has 0 atom stereocenters. The summed E-state index contributed by atoms with van der Waals surface area (Å²) < 4.78 is 5.29. The standard InChI is InChI=1S/C20H18O2S/c21-20(22-14-17-4-2-1-3-5-17)11-8-16-6-9-18(10-7-16)19-12-13-23-15-19/h1-7,9-10,12-13,15H,8,11,14H2. The minimum absolute atomic E-state index is 0.157. The third-order valence-corrected chi connectivity index (χ3v) is 4.35. The molecule has 0 saturated heterocycles. The van der Waals surface area contributed by atoms with Gasteiger partial charge in [-0.3, -0.25) is 4.79 Å². The van der Waals surface area contributed by atoms with E-state index in [1.165, 1.54) is 11.1 Å². The van der Waals surface area contributed by atoms with Gasteiger partial charge in [0.25, 0.3) is 0 Å². The van der Waals surface area contributed by atoms with E-state index in [0.717, 1.165) is 11.1 Å². The quantitative estimate of drug-likeness (QED) is 0.591. The van der Waals surface area contributed by atoms with Crippen molar-refractivity contribution in [1.82, 2.24) is 0 Å². The van der Waals surface area contributed by atoms with E-state index in [4.69, 9.17) is 4.74 Å². The van der Waals surface area contributed by atoms with Crippen LogP contribution in [-0.4, -0.2) is 5.97 Å². The third kappa shape index (κ3) is 4.54. The summed E-state index contributed by atoms with van der Waals surface area (Å²) in [7, 11) is 0. The maximum Gasteiger partial charge on any atom is 0.306 e. The summed E-state index contributed by atoms with van der Waals surface area (Å²) in [6.07, 6.45) is 1.11. The predicted molar refractivity (Wildman–Crippen MR) is 94.3 cm³/mol. The first-order valence-electron chi connectivity index (χ1n) is 7.62. The molecule has 116 valence electrons. The molecule has 0 radical (unpaired) electrons. The molecular formula is C20H18O2S. The molecule has 0 aliphatic heterocycles. The molecule has 3 aromatic rings. The van der Waals surface area contributed by atoms with Crippen molar-refractivity contribution in [3.05, 3.63) is 82.6 Å². The smallest absolute Gasteiger partial charge is 0.306 e. The summed E-state index contributed by atoms with van der Waals surface area (Å²) in [6.45, 7) is 0.344. The fraction of sp³-hybridized carbons (Fsp3) is 0.150. The molecule has 2 aromatic carbocycles. The van der Waals surface area contributed by atoms with Gasteiger partial charge < -0.3 is 4.74 Å². The second-order valence-electron chi connectivity index (χ2n) is 5.36. The Morgan fingerprint density at radius 3 is 2.35 bits per heavy atom. The van der Waals surface area contributed by atoms with Crippen LogP contribution in [-0.2, 0) is 22.6 Å². The molecule has 23 heavy (non-hydrogen) atoms. The van der Waals surface area contributed by atoms with Crippen molar-refractivity contribution >= 4 is 17.3 Å². The van der Waals surface area contributed by atoms with Crippen molar-refractivity contribution < 1.29 is 9.53 Å². The van der Waals surface area contributed by atoms with Crippen LogP contribution in [0.25, 0.3) is 11.1 Å². The summed E-state index contributed by atoms with van der Waals surface area (Å²) >= 11 is 1.70. The number of aryl methyl sites for hydroxylation is 1. The van der Waals surface area contributed by atoms with E-state index in [-0.39, 0.29) is 5.97 Å². The fourth-order valence-electron chi connectivity index (χ4n) is 2.35. The molecule has 3 heteroatoms. The summed E-state index contributed by atoms with van der Waals surface area (Å²) in [5.74, 6) is -0.157. The Balaban J connectivity index is 1.47. The van der Waals surface area contributed by atoms with Crippen molar-refractivity contribution in [3.63, 3.8) is 0 Å². The second-order valence-corrected chi connectivity index (χ2v) is 6.14. The molecule has 0 fully saturated rings. The molecule has 0 bridgehead atoms. The van der Waals surface area contributed by atoms with Crippen LogP contribution in [0.3, 0.4) is 0 Å². The lowest BCUT2D eigenvalue weighted by Crippen LogP contribution is -2.05. The average Bonchev–Trinajstić information content (AvgIpc) is 3.14. The van der Waals surface area contributed by atoms with Crippen LogP contribution in [0.5, 0.6) is 0 Å². The highest BCUT2D eigenvalue weighted by molar-refractivity contribution is 7.08. The molecule has 0 unspecified atom stereocenters. The first-order valence-corrected chi connectivity index (χ1v) is 8.56. The van der Waals surface area contributed by atoms with Crippen molar-refractivity contribution in [3.8, 4) is 11.1 Å². The number of hydrogen-bond donors (Lipinski definition) is 0. The minimum atomic E-state index is -0.157. The Morgan fingerprint density at radius 1 is 0.870 bits per heavy atom. The number of thiophene rings is 1. The Hall–Kier alpha value is -2.39. The highest BCUT2D eigenvalue weighted by atomic mass is 32.1. The maximum atomic E-state index is 11.8. The summed E-state index contributed by atoms with van der Waals surface area (Å²) in [6, 6.07) is 20.2. The van der Waals surface area contributed by atoms with E-state index < -0.39 is 0 Å². The molecule has 1 aromatic heterocycles. The van der Waals surface area contributed by atoms with Gasteiger partial charge in [0, 0.05) is 6.42 Å². The van der Waals surface area contributed by atoms with E-state index in [1.54, 1.807) is 11.3 Å². The Kier molecular flexibility index (Phi) is 5.22. The van der Waals surface area contributed by atoms with Crippen molar-refractivity contribution in [1.29, 1.82) is 0 Å². The molecule has 3 rings (SSSR count). The molecular weight excluding hydrogens is 304 g/mol. The van der Waals surface area contributed by atoms with E-state index in [1.807, 2.05) is 30.3 Å². The van der Waals surface area contributed by atoms with Crippen LogP contribution in [0.2, 0.25) is 0 Å². The van der Waals surface area contributed by atoms with Gasteiger partial charge in [-0.2, -0.15) is 11.3 Å². The third-order valence-electron chi connectivity index (χ3n) is 3.67. The highest BCUT2D eigenvalue weighted by Crippen LogP contribution is 2.22. The van der Waals surface area contributed by atoms with Gasteiger partial charge in [0.15, 0.2) is 0 Å². The fourth-order valence-corrected chi connectivity index (χ4v) is 3.01. The lowest BCUT2D eigenvalue weighted by Gasteiger charge is -2.06. The first-order chi connectivity index (χ1) is 11.3. The van der Waals surface area contributed by atoms with Gasteiger partial charge in [-0.1, -0.05) is 54.6 Å². The van der Waals surface area contributed by atoms with Gasteiger partial charge in [0.2, 0.25) is 0 Å². The normalized spacial score (nSPS) is 10.4. The number of carbonyl (C=O) groups excluding carboxylic acids is 1. The predicted octanol–water partition coefficient (Wildman–Crippen LogP) is 5.09. The first kappa shape index (κ1) is 15.5. The number of hydrogen-bond acceptors (Lipinski definition) is 3. The van der Waals surface area contributed by atoms with Crippen molar-refractivity contribution in [2.45, 2.75) is 19.4 Å². The van der Waals surface area contributed by atoms with Crippen LogP contribution in [0.15, 0.2) is 71.4 Å². The maximum absolute atomic E-state index is 11.8. The molecule has 0 N–H and O–H groups in total. The van der Waals surface area contributed by atoms with Gasteiger partial charge in [-0.15, -0.1) is 0 Å². The second kappa shape index (κ2) is 7.75. The van der Waals surface area contributed by atoms with Gasteiger partial charge in [-0.25, -0.2) is 0 Å². The summed E-state index contributed by atoms with van der Waals surface area (Å²) in [5.41, 5.74) is 4.62. The lowest BCUT2D eigenvalue weighted by atomic mass is 10.0. The number of benzene rings is 2. The summed E-state index contributed by atoms with van der Waals surface area (Å²) in [4.78, 5) is 11.8. The van der Waals surface area contributed by atoms with Crippen LogP contribution >= 0.6 is 11.3 Å². The number of ether oxygens (including phenoxy) is 1. The van der Waals surface area contributed by atoms with Crippen LogP contribution in [0.4, 0.5) is 0 Å². The molecule has 0 spiro atoms. The minimum Gasteiger partial charge on any atom is -0.461 e. The Morgan fingerprint density at radius 2 is 1.65 bits per heavy atom. The molecule has 0 aliphatic rings. The Labute approximate surface area is 140 Å². The zero-order valence-corrected chi connectivity index (χ0v) is 13.6.